The highest BCUT2D eigenvalue weighted by molar-refractivity contribution is 5.77. The summed E-state index contributed by atoms with van der Waals surface area (Å²) in [6.45, 7) is 14.0. The van der Waals surface area contributed by atoms with Crippen molar-refractivity contribution in [1.29, 1.82) is 5.26 Å². The second-order valence-corrected chi connectivity index (χ2v) is 10.3. The summed E-state index contributed by atoms with van der Waals surface area (Å²) in [6.07, 6.45) is 18.0. The van der Waals surface area contributed by atoms with Gasteiger partial charge in [0, 0.05) is 36.0 Å². The first-order valence-corrected chi connectivity index (χ1v) is 13.4. The molecule has 1 aromatic rings. The van der Waals surface area contributed by atoms with Crippen molar-refractivity contribution in [1.82, 2.24) is 9.88 Å². The van der Waals surface area contributed by atoms with Crippen LogP contribution in [0.4, 0.5) is 0 Å². The first-order chi connectivity index (χ1) is 16.4. The van der Waals surface area contributed by atoms with E-state index in [-0.39, 0.29) is 0 Å². The molecule has 1 unspecified atom stereocenters. The van der Waals surface area contributed by atoms with Gasteiger partial charge in [0.25, 0.3) is 0 Å². The van der Waals surface area contributed by atoms with Gasteiger partial charge in [-0.15, -0.1) is 0 Å². The molecule has 1 N–H and O–H groups in total. The Kier molecular flexibility index (Phi) is 9.54. The lowest BCUT2D eigenvalue weighted by Gasteiger charge is -2.30. The molecule has 4 heteroatoms. The van der Waals surface area contributed by atoms with Gasteiger partial charge in [0.05, 0.1) is 22.3 Å². The van der Waals surface area contributed by atoms with E-state index in [1.165, 1.54) is 48.6 Å². The van der Waals surface area contributed by atoms with E-state index in [9.17, 15) is 5.26 Å². The van der Waals surface area contributed by atoms with Crippen LogP contribution in [0.1, 0.15) is 110 Å². The van der Waals surface area contributed by atoms with Gasteiger partial charge in [-0.25, -0.2) is 0 Å². The third kappa shape index (κ3) is 5.99. The minimum absolute atomic E-state index is 0.419. The summed E-state index contributed by atoms with van der Waals surface area (Å²) >= 11 is 0. The Morgan fingerprint density at radius 2 is 2.00 bits per heavy atom. The summed E-state index contributed by atoms with van der Waals surface area (Å²) in [5, 5.41) is 16.2. The number of nitrogens with zero attached hydrogens (tertiary/aromatic N) is 3. The van der Waals surface area contributed by atoms with Crippen LogP contribution in [-0.4, -0.2) is 23.4 Å². The van der Waals surface area contributed by atoms with Gasteiger partial charge in [-0.05, 0) is 71.8 Å². The van der Waals surface area contributed by atoms with E-state index in [4.69, 9.17) is 4.99 Å². The maximum absolute atomic E-state index is 10.3. The molecule has 1 aliphatic heterocycles. The molecule has 4 nitrogen and oxygen atoms in total. The van der Waals surface area contributed by atoms with Crippen molar-refractivity contribution in [3.63, 3.8) is 0 Å². The highest BCUT2D eigenvalue weighted by Crippen LogP contribution is 2.34. The molecular formula is C30H44N4. The Balaban J connectivity index is 2.22. The van der Waals surface area contributed by atoms with Crippen LogP contribution < -0.4 is 15.9 Å². The predicted octanol–water partition coefficient (Wildman–Crippen LogP) is 6.01. The summed E-state index contributed by atoms with van der Waals surface area (Å²) in [7, 11) is 0. The Labute approximate surface area is 206 Å². The van der Waals surface area contributed by atoms with E-state index in [0.717, 1.165) is 48.0 Å². The SMILES string of the molecule is CC=c1c(C#N)c(/C2=C\CCCCC(CNC(C)C)C=N2)n(C2CCC2)/c1=C/C(C)=C(C)CC. The standard InChI is InChI=1S/C30H44N4/c1-7-22(5)23(6)17-29-26(8-2)27(18-31)30(34(29)25-14-12-15-25)28-16-11-9-10-13-24(20-33-28)19-32-21(3)4/h8,16-17,20-21,24-25,32H,7,9-15,19H2,1-6H3/b23-22?,26-8?,28-16+,29-17+,33-20?. The first kappa shape index (κ1) is 26.2. The van der Waals surface area contributed by atoms with Crippen LogP contribution >= 0.6 is 0 Å². The molecule has 0 saturated heterocycles. The molecule has 34 heavy (non-hydrogen) atoms. The molecule has 1 atom stereocenters. The minimum Gasteiger partial charge on any atom is -0.335 e. The van der Waals surface area contributed by atoms with E-state index in [0.29, 0.717) is 18.0 Å². The largest absolute Gasteiger partial charge is 0.335 e. The smallest absolute Gasteiger partial charge is 0.102 e. The fourth-order valence-corrected chi connectivity index (χ4v) is 4.86. The molecule has 1 saturated carbocycles. The number of rotatable bonds is 7. The highest BCUT2D eigenvalue weighted by atomic mass is 15.1. The molecule has 0 bridgehead atoms. The first-order valence-electron chi connectivity index (χ1n) is 13.4. The maximum Gasteiger partial charge on any atom is 0.102 e. The number of nitriles is 1. The third-order valence-corrected chi connectivity index (χ3v) is 7.50. The van der Waals surface area contributed by atoms with Crippen LogP contribution in [0.15, 0.2) is 22.2 Å². The Bertz CT molecular complexity index is 1100. The summed E-state index contributed by atoms with van der Waals surface area (Å²) < 4.78 is 2.46. The number of aromatic nitrogens is 1. The van der Waals surface area contributed by atoms with Gasteiger partial charge in [0.2, 0.25) is 0 Å². The van der Waals surface area contributed by atoms with Crippen molar-refractivity contribution >= 4 is 24.1 Å². The molecule has 0 amide bonds. The van der Waals surface area contributed by atoms with Crippen molar-refractivity contribution in [2.24, 2.45) is 10.9 Å². The zero-order chi connectivity index (χ0) is 24.7. The maximum atomic E-state index is 10.3. The van der Waals surface area contributed by atoms with Crippen molar-refractivity contribution < 1.29 is 0 Å². The molecule has 0 spiro atoms. The third-order valence-electron chi connectivity index (χ3n) is 7.50. The summed E-state index contributed by atoms with van der Waals surface area (Å²) in [5.74, 6) is 0.419. The number of allylic oxidation sites excluding steroid dienone is 3. The van der Waals surface area contributed by atoms with E-state index in [1.54, 1.807) is 0 Å². The van der Waals surface area contributed by atoms with Crippen molar-refractivity contribution in [2.75, 3.05) is 6.54 Å². The van der Waals surface area contributed by atoms with Gasteiger partial charge in [0.1, 0.15) is 6.07 Å². The van der Waals surface area contributed by atoms with Crippen molar-refractivity contribution in [3.8, 4) is 6.07 Å². The number of hydrogen-bond acceptors (Lipinski definition) is 3. The van der Waals surface area contributed by atoms with E-state index in [2.05, 4.69) is 81.9 Å². The number of hydrogen-bond donors (Lipinski definition) is 1. The number of nitrogens with one attached hydrogen (secondary N) is 1. The Morgan fingerprint density at radius 1 is 1.24 bits per heavy atom. The molecule has 1 aromatic heterocycles. The lowest BCUT2D eigenvalue weighted by atomic mass is 9.92. The van der Waals surface area contributed by atoms with Crippen LogP contribution in [0.2, 0.25) is 0 Å². The molecule has 2 heterocycles. The number of aliphatic imine (C=N–C) groups is 1. The normalized spacial score (nSPS) is 23.0. The van der Waals surface area contributed by atoms with Crippen LogP contribution in [-0.2, 0) is 0 Å². The van der Waals surface area contributed by atoms with Gasteiger partial charge < -0.3 is 9.88 Å². The lowest BCUT2D eigenvalue weighted by molar-refractivity contribution is 0.307. The zero-order valence-corrected chi connectivity index (χ0v) is 22.2. The zero-order valence-electron chi connectivity index (χ0n) is 22.2. The van der Waals surface area contributed by atoms with Crippen LogP contribution in [0, 0.1) is 17.2 Å². The van der Waals surface area contributed by atoms with Gasteiger partial charge in [0.15, 0.2) is 0 Å². The topological polar surface area (TPSA) is 53.1 Å². The fourth-order valence-electron chi connectivity index (χ4n) is 4.86. The second kappa shape index (κ2) is 12.4. The molecular weight excluding hydrogens is 416 g/mol. The highest BCUT2D eigenvalue weighted by Gasteiger charge is 2.27. The molecule has 0 aromatic carbocycles. The summed E-state index contributed by atoms with van der Waals surface area (Å²) in [6, 6.07) is 3.50. The van der Waals surface area contributed by atoms with Crippen molar-refractivity contribution in [3.05, 3.63) is 39.0 Å². The van der Waals surface area contributed by atoms with Crippen LogP contribution in [0.3, 0.4) is 0 Å². The molecule has 184 valence electrons. The average Bonchev–Trinajstić information content (AvgIpc) is 3.14. The lowest BCUT2D eigenvalue weighted by Crippen LogP contribution is -2.35. The average molecular weight is 461 g/mol. The van der Waals surface area contributed by atoms with E-state index < -0.39 is 0 Å². The van der Waals surface area contributed by atoms with Crippen LogP contribution in [0.5, 0.6) is 0 Å². The van der Waals surface area contributed by atoms with Gasteiger partial charge in [-0.1, -0.05) is 50.5 Å². The van der Waals surface area contributed by atoms with Crippen molar-refractivity contribution in [2.45, 2.75) is 105 Å². The van der Waals surface area contributed by atoms with Gasteiger partial charge in [-0.3, -0.25) is 4.99 Å². The van der Waals surface area contributed by atoms with Gasteiger partial charge in [-0.2, -0.15) is 5.26 Å². The van der Waals surface area contributed by atoms with Gasteiger partial charge >= 0.3 is 0 Å². The monoisotopic (exact) mass is 460 g/mol. The quantitative estimate of drug-likeness (QED) is 0.541. The Morgan fingerprint density at radius 3 is 2.59 bits per heavy atom. The molecule has 1 aliphatic carbocycles. The summed E-state index contributed by atoms with van der Waals surface area (Å²) in [5.41, 5.74) is 5.48. The van der Waals surface area contributed by atoms with E-state index >= 15 is 0 Å². The molecule has 2 aliphatic rings. The predicted molar refractivity (Wildman–Crippen MR) is 146 cm³/mol. The Hall–Kier alpha value is -2.38. The second-order valence-electron chi connectivity index (χ2n) is 10.3. The van der Waals surface area contributed by atoms with Crippen LogP contribution in [0.25, 0.3) is 17.8 Å². The molecule has 1 fully saturated rings. The molecule has 3 rings (SSSR count). The van der Waals surface area contributed by atoms with E-state index in [1.807, 2.05) is 0 Å². The summed E-state index contributed by atoms with van der Waals surface area (Å²) in [4.78, 5) is 5.09. The minimum atomic E-state index is 0.419. The fraction of sp³-hybridized carbons (Fsp3) is 0.600. The molecule has 0 radical (unpaired) electrons.